The van der Waals surface area contributed by atoms with E-state index in [9.17, 15) is 38.0 Å². The summed E-state index contributed by atoms with van der Waals surface area (Å²) >= 11 is 0. The lowest BCUT2D eigenvalue weighted by Gasteiger charge is -2.63. The molecule has 1 heterocycles. The first kappa shape index (κ1) is 48.6. The number of benzene rings is 1. The van der Waals surface area contributed by atoms with Crippen molar-refractivity contribution in [2.45, 2.75) is 174 Å². The predicted molar refractivity (Wildman–Crippen MR) is 243 cm³/mol. The van der Waals surface area contributed by atoms with Crippen molar-refractivity contribution in [3.8, 4) is 11.3 Å². The van der Waals surface area contributed by atoms with Crippen LogP contribution in [0.25, 0.3) is 17.3 Å². The minimum absolute atomic E-state index is 0.00152. The maximum atomic E-state index is 14.0. The molecule has 0 aliphatic heterocycles. The van der Waals surface area contributed by atoms with Crippen LogP contribution in [0.15, 0.2) is 36.4 Å². The van der Waals surface area contributed by atoms with Crippen LogP contribution >= 0.6 is 0 Å². The number of pyridine rings is 1. The summed E-state index contributed by atoms with van der Waals surface area (Å²) in [4.78, 5) is 18.5. The summed E-state index contributed by atoms with van der Waals surface area (Å²) in [5.41, 5.74) is 1.52. The molecule has 4 fully saturated rings. The number of rotatable bonds is 17. The van der Waals surface area contributed by atoms with Crippen LogP contribution in [-0.2, 0) is 19.6 Å². The van der Waals surface area contributed by atoms with E-state index in [1.165, 1.54) is 38.1 Å². The van der Waals surface area contributed by atoms with Gasteiger partial charge in [-0.2, -0.15) is 0 Å². The van der Waals surface area contributed by atoms with Gasteiger partial charge in [-0.3, -0.25) is 9.10 Å². The Labute approximate surface area is 370 Å². The fourth-order valence-corrected chi connectivity index (χ4v) is 13.3. The van der Waals surface area contributed by atoms with Gasteiger partial charge in [-0.1, -0.05) is 72.5 Å². The minimum Gasteiger partial charge on any atom is -0.462 e. The fourth-order valence-electron chi connectivity index (χ4n) is 12.9. The Bertz CT molecular complexity index is 2010. The number of ether oxygens (including phenoxy) is 1. The van der Waals surface area contributed by atoms with Crippen molar-refractivity contribution in [1.29, 1.82) is 0 Å². The number of carbonyl (C=O) groups excluding carboxylic acids is 1. The van der Waals surface area contributed by atoms with Crippen LogP contribution < -0.4 is 4.31 Å². The zero-order chi connectivity index (χ0) is 45.4. The molecule has 346 valence electrons. The Morgan fingerprint density at radius 2 is 1.69 bits per heavy atom. The van der Waals surface area contributed by atoms with Gasteiger partial charge in [0.2, 0.25) is 10.0 Å². The third-order valence-corrected chi connectivity index (χ3v) is 17.4. The monoisotopic (exact) mass is 883 g/mol. The number of sulfonamides is 1. The first-order valence-electron chi connectivity index (χ1n) is 23.5. The summed E-state index contributed by atoms with van der Waals surface area (Å²) in [6, 6.07) is 7.43. The summed E-state index contributed by atoms with van der Waals surface area (Å²) in [5.74, 6) is 0.604. The molecule has 4 aliphatic carbocycles. The quantitative estimate of drug-likeness (QED) is 0.0899. The van der Waals surface area contributed by atoms with Crippen molar-refractivity contribution in [2.24, 2.45) is 40.4 Å². The molecule has 12 atom stereocenters. The molecule has 1 aromatic heterocycles. The van der Waals surface area contributed by atoms with Crippen molar-refractivity contribution in [3.05, 3.63) is 53.4 Å². The topological polar surface area (TPSA) is 157 Å². The SMILES string of the molecule is CCCCCC[C@](C)(O)[C@H]1CCC2C3C[C@H](OC(=O)C[C@H](O)C[C@H](O)/C=C/c4c(C(C)C)cc(N(C)S(C)(=O)=O)nc4-c4ccc(F)cc4)[C@H]4C[C@@H](O)CC[C@]4(C)C3CC[C@@]21C. The second-order valence-corrected chi connectivity index (χ2v) is 22.8. The lowest BCUT2D eigenvalue weighted by atomic mass is 9.43. The van der Waals surface area contributed by atoms with E-state index in [2.05, 4.69) is 32.7 Å². The van der Waals surface area contributed by atoms with Crippen molar-refractivity contribution in [2.75, 3.05) is 17.6 Å². The maximum Gasteiger partial charge on any atom is 0.308 e. The van der Waals surface area contributed by atoms with E-state index >= 15 is 0 Å². The third-order valence-electron chi connectivity index (χ3n) is 16.2. The molecule has 0 radical (unpaired) electrons. The Morgan fingerprint density at radius 3 is 2.35 bits per heavy atom. The van der Waals surface area contributed by atoms with E-state index in [1.807, 2.05) is 13.8 Å². The average molecular weight is 883 g/mol. The van der Waals surface area contributed by atoms with E-state index in [1.54, 1.807) is 24.3 Å². The van der Waals surface area contributed by atoms with Crippen LogP contribution in [-0.4, -0.2) is 83.1 Å². The molecule has 4 N–H and O–H groups in total. The van der Waals surface area contributed by atoms with Crippen molar-refractivity contribution in [1.82, 2.24) is 4.98 Å². The molecule has 3 unspecified atom stereocenters. The van der Waals surface area contributed by atoms with E-state index in [0.717, 1.165) is 80.3 Å². The number of carbonyl (C=O) groups is 1. The highest BCUT2D eigenvalue weighted by Crippen LogP contribution is 2.69. The molecule has 4 aliphatic rings. The van der Waals surface area contributed by atoms with Crippen LogP contribution in [0.4, 0.5) is 10.2 Å². The van der Waals surface area contributed by atoms with Crippen LogP contribution in [0.2, 0.25) is 0 Å². The molecule has 0 amide bonds. The molecular weight excluding hydrogens is 808 g/mol. The van der Waals surface area contributed by atoms with Crippen molar-refractivity contribution in [3.63, 3.8) is 0 Å². The van der Waals surface area contributed by atoms with Gasteiger partial charge in [0.25, 0.3) is 0 Å². The number of hydrogen-bond acceptors (Lipinski definition) is 9. The zero-order valence-corrected chi connectivity index (χ0v) is 39.3. The number of esters is 1. The molecule has 4 saturated carbocycles. The number of unbranched alkanes of at least 4 members (excludes halogenated alkanes) is 3. The first-order valence-corrected chi connectivity index (χ1v) is 25.3. The molecule has 2 aromatic rings. The Hall–Kier alpha value is -2.90. The first-order chi connectivity index (χ1) is 29.1. The van der Waals surface area contributed by atoms with E-state index in [4.69, 9.17) is 4.74 Å². The normalized spacial score (nSPS) is 31.8. The van der Waals surface area contributed by atoms with Gasteiger partial charge >= 0.3 is 5.97 Å². The summed E-state index contributed by atoms with van der Waals surface area (Å²) in [6.45, 7) is 13.0. The molecule has 62 heavy (non-hydrogen) atoms. The van der Waals surface area contributed by atoms with Gasteiger partial charge in [-0.25, -0.2) is 17.8 Å². The highest BCUT2D eigenvalue weighted by atomic mass is 32.2. The zero-order valence-electron chi connectivity index (χ0n) is 38.5. The van der Waals surface area contributed by atoms with Crippen molar-refractivity contribution < 1.29 is 42.8 Å². The number of halogens is 1. The van der Waals surface area contributed by atoms with Gasteiger partial charge in [0, 0.05) is 30.5 Å². The van der Waals surface area contributed by atoms with Gasteiger partial charge in [-0.05, 0) is 141 Å². The number of hydrogen-bond donors (Lipinski definition) is 4. The Kier molecular flexibility index (Phi) is 15.1. The third kappa shape index (κ3) is 10.3. The average Bonchev–Trinajstić information content (AvgIpc) is 3.57. The number of fused-ring (bicyclic) bond motifs is 5. The largest absolute Gasteiger partial charge is 0.462 e. The van der Waals surface area contributed by atoms with E-state index in [0.29, 0.717) is 41.0 Å². The van der Waals surface area contributed by atoms with Crippen LogP contribution in [0, 0.1) is 46.2 Å². The summed E-state index contributed by atoms with van der Waals surface area (Å²) in [7, 11) is -2.22. The maximum absolute atomic E-state index is 14.0. The molecule has 10 nitrogen and oxygen atoms in total. The fraction of sp³-hybridized carbons (Fsp3) is 0.720. The lowest BCUT2D eigenvalue weighted by Crippen LogP contribution is -2.59. The van der Waals surface area contributed by atoms with Crippen molar-refractivity contribution >= 4 is 27.9 Å². The van der Waals surface area contributed by atoms with Crippen LogP contribution in [0.1, 0.15) is 155 Å². The smallest absolute Gasteiger partial charge is 0.308 e. The molecule has 12 heteroatoms. The van der Waals surface area contributed by atoms with E-state index < -0.39 is 51.8 Å². The summed E-state index contributed by atoms with van der Waals surface area (Å²) in [5, 5.41) is 45.3. The molecular formula is C50H75FN2O8S. The number of aliphatic hydroxyl groups is 4. The molecule has 0 saturated heterocycles. The second kappa shape index (κ2) is 19.3. The van der Waals surface area contributed by atoms with Gasteiger partial charge in [0.15, 0.2) is 0 Å². The van der Waals surface area contributed by atoms with Crippen LogP contribution in [0.5, 0.6) is 0 Å². The highest BCUT2D eigenvalue weighted by Gasteiger charge is 2.64. The van der Waals surface area contributed by atoms with E-state index in [-0.39, 0.29) is 47.2 Å². The highest BCUT2D eigenvalue weighted by molar-refractivity contribution is 7.92. The molecule has 0 spiro atoms. The van der Waals surface area contributed by atoms with Crippen LogP contribution in [0.3, 0.4) is 0 Å². The number of aromatic nitrogens is 1. The van der Waals surface area contributed by atoms with Gasteiger partial charge < -0.3 is 25.2 Å². The predicted octanol–water partition coefficient (Wildman–Crippen LogP) is 9.19. The van der Waals surface area contributed by atoms with Gasteiger partial charge in [0.1, 0.15) is 17.7 Å². The lowest BCUT2D eigenvalue weighted by molar-refractivity contribution is -0.198. The molecule has 1 aromatic carbocycles. The Balaban J connectivity index is 1.16. The molecule has 0 bridgehead atoms. The number of anilines is 1. The Morgan fingerprint density at radius 1 is 1.02 bits per heavy atom. The summed E-state index contributed by atoms with van der Waals surface area (Å²) < 4.78 is 46.4. The minimum atomic E-state index is -3.64. The second-order valence-electron chi connectivity index (χ2n) is 20.8. The number of nitrogens with zero attached hydrogens (tertiary/aromatic N) is 2. The summed E-state index contributed by atoms with van der Waals surface area (Å²) in [6.07, 6.45) is 13.2. The number of aliphatic hydroxyl groups excluding tert-OH is 3. The van der Waals surface area contributed by atoms with Gasteiger partial charge in [0.05, 0.1) is 42.3 Å². The van der Waals surface area contributed by atoms with Gasteiger partial charge in [-0.15, -0.1) is 0 Å². The standard InChI is InChI=1S/C50H75FN2O8S/c1-9-10-11-12-23-50(6,58)44-20-19-40-39-29-43(42-27-35(55)21-24-48(42,4)41(39)22-25-49(40,44)5)61-46(57)28-36(56)26-34(54)17-18-37-38(31(2)3)30-45(53(7)62(8,59)60)52-47(37)32-13-15-33(51)16-14-32/h13-18,30-31,34-36,39-44,54-56,58H,9-12,19-29H2,1-8H3/b18-17+/t34-,35+,36-,39?,40?,41?,42-,43+,44+,48-,49+,50+/m1/s1. The molecule has 6 rings (SSSR count).